The normalized spacial score (nSPS) is 11.7. The van der Waals surface area contributed by atoms with Gasteiger partial charge in [0.15, 0.2) is 17.6 Å². The SMILES string of the molecule is CO[C@H](C(N)=O)[C@H](NC(=O)c1ccc(NC(=O)c2ccc(N(O)O)cc2)cc1)C(=O)Nc1ccc(C(=O)Nc2ccc(C(=O)Nc3ccc(C(=O)O)cc3OC(C)C)c(O)c2OC(C)C)cc1. The molecule has 0 heterocycles. The van der Waals surface area contributed by atoms with Crippen LogP contribution in [0.2, 0.25) is 0 Å². The number of amides is 6. The van der Waals surface area contributed by atoms with Crippen LogP contribution in [0.25, 0.3) is 0 Å². The Kier molecular flexibility index (Phi) is 16.2. The van der Waals surface area contributed by atoms with Crippen molar-refractivity contribution >= 4 is 69.8 Å². The number of nitrogens with zero attached hydrogens (tertiary/aromatic N) is 1. The van der Waals surface area contributed by atoms with Gasteiger partial charge in [-0.1, -0.05) is 0 Å². The van der Waals surface area contributed by atoms with Gasteiger partial charge in [0.2, 0.25) is 11.8 Å². The van der Waals surface area contributed by atoms with Crippen LogP contribution in [0.1, 0.15) is 79.5 Å². The van der Waals surface area contributed by atoms with Crippen molar-refractivity contribution < 1.29 is 68.4 Å². The number of anilines is 5. The maximum Gasteiger partial charge on any atom is 0.335 e. The Balaban J connectivity index is 1.27. The van der Waals surface area contributed by atoms with Gasteiger partial charge in [-0.15, -0.1) is 5.23 Å². The molecule has 5 aromatic carbocycles. The average molecular weight is 922 g/mol. The number of phenols is 1. The molecule has 21 nitrogen and oxygen atoms in total. The topological polar surface area (TPSA) is 318 Å². The van der Waals surface area contributed by atoms with Gasteiger partial charge < -0.3 is 56.7 Å². The molecule has 0 aliphatic rings. The summed E-state index contributed by atoms with van der Waals surface area (Å²) in [5.74, 6) is -6.73. The van der Waals surface area contributed by atoms with Crippen molar-refractivity contribution in [3.8, 4) is 17.2 Å². The first-order valence-electron chi connectivity index (χ1n) is 20.2. The molecule has 0 saturated carbocycles. The molecule has 0 bridgehead atoms. The number of aromatic hydroxyl groups is 1. The predicted molar refractivity (Wildman–Crippen MR) is 242 cm³/mol. The molecule has 0 unspecified atom stereocenters. The zero-order valence-electron chi connectivity index (χ0n) is 36.5. The molecular weight excluding hydrogens is 875 g/mol. The van der Waals surface area contributed by atoms with Gasteiger partial charge in [0.25, 0.3) is 23.6 Å². The van der Waals surface area contributed by atoms with E-state index in [9.17, 15) is 43.8 Å². The molecule has 5 aromatic rings. The third-order valence-electron chi connectivity index (χ3n) is 9.40. The molecule has 0 spiro atoms. The van der Waals surface area contributed by atoms with E-state index in [4.69, 9.17) is 30.4 Å². The second kappa shape index (κ2) is 21.9. The Labute approximate surface area is 382 Å². The number of carbonyl (C=O) groups excluding carboxylic acids is 6. The van der Waals surface area contributed by atoms with Crippen molar-refractivity contribution in [1.29, 1.82) is 0 Å². The fraction of sp³-hybridized carbons (Fsp3) is 0.196. The number of primary amides is 1. The minimum Gasteiger partial charge on any atom is -0.504 e. The molecule has 11 N–H and O–H groups in total. The summed E-state index contributed by atoms with van der Waals surface area (Å²) in [6, 6.07) is 21.1. The van der Waals surface area contributed by atoms with Crippen LogP contribution < -0.4 is 47.0 Å². The second-order valence-corrected chi connectivity index (χ2v) is 15.0. The van der Waals surface area contributed by atoms with Crippen LogP contribution in [0.15, 0.2) is 103 Å². The summed E-state index contributed by atoms with van der Waals surface area (Å²) in [6.45, 7) is 6.77. The number of carbonyl (C=O) groups is 7. The molecule has 0 fully saturated rings. The van der Waals surface area contributed by atoms with Crippen molar-refractivity contribution in [3.63, 3.8) is 0 Å². The van der Waals surface area contributed by atoms with Crippen molar-refractivity contribution in [2.45, 2.75) is 52.0 Å². The monoisotopic (exact) mass is 921 g/mol. The van der Waals surface area contributed by atoms with E-state index in [2.05, 4.69) is 26.6 Å². The molecule has 0 aromatic heterocycles. The summed E-state index contributed by atoms with van der Waals surface area (Å²) in [6.07, 6.45) is -2.52. The highest BCUT2D eigenvalue weighted by atomic mass is 16.8. The zero-order valence-corrected chi connectivity index (χ0v) is 36.5. The van der Waals surface area contributed by atoms with Crippen LogP contribution >= 0.6 is 0 Å². The van der Waals surface area contributed by atoms with Crippen LogP contribution in [0, 0.1) is 0 Å². The first-order chi connectivity index (χ1) is 31.8. The van der Waals surface area contributed by atoms with E-state index in [-0.39, 0.29) is 73.4 Å². The summed E-state index contributed by atoms with van der Waals surface area (Å²) in [5.41, 5.74) is 6.11. The van der Waals surface area contributed by atoms with Gasteiger partial charge in [-0.3, -0.25) is 39.2 Å². The number of hydrogen-bond acceptors (Lipinski definition) is 14. The molecule has 21 heteroatoms. The molecule has 67 heavy (non-hydrogen) atoms. The highest BCUT2D eigenvalue weighted by molar-refractivity contribution is 6.10. The average Bonchev–Trinajstić information content (AvgIpc) is 3.28. The smallest absolute Gasteiger partial charge is 0.335 e. The number of benzene rings is 5. The Hall–Kier alpha value is -8.53. The van der Waals surface area contributed by atoms with E-state index >= 15 is 0 Å². The first-order valence-corrected chi connectivity index (χ1v) is 20.2. The maximum absolute atomic E-state index is 13.6. The van der Waals surface area contributed by atoms with Gasteiger partial charge in [0.1, 0.15) is 11.8 Å². The molecule has 0 aliphatic carbocycles. The van der Waals surface area contributed by atoms with Gasteiger partial charge >= 0.3 is 5.97 Å². The largest absolute Gasteiger partial charge is 0.504 e. The number of carboxylic acid groups (broad SMARTS) is 1. The van der Waals surface area contributed by atoms with Crippen LogP contribution in [-0.2, 0) is 14.3 Å². The van der Waals surface area contributed by atoms with Gasteiger partial charge in [-0.2, -0.15) is 0 Å². The summed E-state index contributed by atoms with van der Waals surface area (Å²) in [5, 5.41) is 51.7. The van der Waals surface area contributed by atoms with E-state index < -0.39 is 65.4 Å². The lowest BCUT2D eigenvalue weighted by molar-refractivity contribution is -0.134. The van der Waals surface area contributed by atoms with E-state index in [1.807, 2.05) is 0 Å². The molecule has 5 rings (SSSR count). The molecule has 350 valence electrons. The van der Waals surface area contributed by atoms with Crippen LogP contribution in [0.4, 0.5) is 28.4 Å². The van der Waals surface area contributed by atoms with E-state index in [0.29, 0.717) is 5.69 Å². The fourth-order valence-electron chi connectivity index (χ4n) is 6.20. The van der Waals surface area contributed by atoms with Gasteiger partial charge in [0, 0.05) is 35.2 Å². The second-order valence-electron chi connectivity index (χ2n) is 15.0. The number of rotatable bonds is 19. The molecular formula is C46H47N7O14. The van der Waals surface area contributed by atoms with Crippen LogP contribution in [0.5, 0.6) is 17.2 Å². The third-order valence-corrected chi connectivity index (χ3v) is 9.40. The molecule has 2 atom stereocenters. The Morgan fingerprint density at radius 1 is 0.597 bits per heavy atom. The summed E-state index contributed by atoms with van der Waals surface area (Å²) < 4.78 is 16.7. The Morgan fingerprint density at radius 2 is 1.09 bits per heavy atom. The lowest BCUT2D eigenvalue weighted by Crippen LogP contribution is -2.56. The number of methoxy groups -OCH3 is 1. The van der Waals surface area contributed by atoms with Gasteiger partial charge in [-0.25, -0.2) is 4.79 Å². The summed E-state index contributed by atoms with van der Waals surface area (Å²) >= 11 is 0. The minimum atomic E-state index is -1.65. The number of nitrogens with two attached hydrogens (primary N) is 1. The number of ether oxygens (including phenoxy) is 3. The number of aromatic carboxylic acids is 1. The number of hydrogen-bond donors (Lipinski definition) is 10. The highest BCUT2D eigenvalue weighted by Gasteiger charge is 2.35. The van der Waals surface area contributed by atoms with Gasteiger partial charge in [0.05, 0.1) is 40.4 Å². The standard InChI is InChI=1S/C46H47N7O14/c1-23(2)66-35-22-28(46(61)62)12-20-33(35)50-44(59)32-19-21-34(38(37(32)54)67-24(3)4)51-42(57)25-6-15-30(16-7-25)49-45(60)36(39(65-5)40(47)55)52-43(58)26-8-13-29(14-9-26)48-41(56)27-10-17-31(18-11-27)53(63)64/h6-24,36,39,54,63-64H,1-5H3,(H2,47,55)(H,48,56)(H,49,60)(H,50,59)(H,51,57)(H,52,58)(H,61,62)/t36-,39-/m0/s1. The number of carboxylic acids is 1. The summed E-state index contributed by atoms with van der Waals surface area (Å²) in [7, 11) is 1.12. The number of phenolic OH excluding ortho intramolecular Hbond substituents is 1. The molecule has 6 amide bonds. The molecule has 0 radical (unpaired) electrons. The first kappa shape index (κ1) is 49.5. The fourth-order valence-corrected chi connectivity index (χ4v) is 6.20. The lowest BCUT2D eigenvalue weighted by Gasteiger charge is -2.24. The van der Waals surface area contributed by atoms with E-state index in [1.165, 1.54) is 103 Å². The van der Waals surface area contributed by atoms with Crippen molar-refractivity contribution in [2.24, 2.45) is 5.73 Å². The Bertz CT molecular complexity index is 2650. The van der Waals surface area contributed by atoms with Crippen molar-refractivity contribution in [2.75, 3.05) is 33.6 Å². The van der Waals surface area contributed by atoms with E-state index in [1.54, 1.807) is 27.7 Å². The maximum atomic E-state index is 13.6. The highest BCUT2D eigenvalue weighted by Crippen LogP contribution is 2.39. The van der Waals surface area contributed by atoms with E-state index in [0.717, 1.165) is 7.11 Å². The quantitative estimate of drug-likeness (QED) is 0.0473. The molecule has 0 aliphatic heterocycles. The minimum absolute atomic E-state index is 0.000743. The zero-order chi connectivity index (χ0) is 49.1. The summed E-state index contributed by atoms with van der Waals surface area (Å²) in [4.78, 5) is 90.4. The number of nitrogens with one attached hydrogen (secondary N) is 5. The van der Waals surface area contributed by atoms with Crippen LogP contribution in [-0.4, -0.2) is 93.5 Å². The predicted octanol–water partition coefficient (Wildman–Crippen LogP) is 5.24. The third kappa shape index (κ3) is 12.8. The van der Waals surface area contributed by atoms with Crippen molar-refractivity contribution in [3.05, 3.63) is 131 Å². The van der Waals surface area contributed by atoms with Crippen molar-refractivity contribution in [1.82, 2.24) is 5.32 Å². The lowest BCUT2D eigenvalue weighted by atomic mass is 10.1. The van der Waals surface area contributed by atoms with Gasteiger partial charge in [-0.05, 0) is 131 Å². The molecule has 0 saturated heterocycles. The van der Waals surface area contributed by atoms with Crippen LogP contribution in [0.3, 0.4) is 0 Å². The Morgan fingerprint density at radius 3 is 1.61 bits per heavy atom.